The molecule has 1 saturated heterocycles. The van der Waals surface area contributed by atoms with Crippen LogP contribution in [0.5, 0.6) is 0 Å². The van der Waals surface area contributed by atoms with Crippen molar-refractivity contribution in [2.75, 3.05) is 50.9 Å². The van der Waals surface area contributed by atoms with E-state index in [2.05, 4.69) is 65.3 Å². The minimum Gasteiger partial charge on any atom is -0.380 e. The zero-order chi connectivity index (χ0) is 20.2. The van der Waals surface area contributed by atoms with Gasteiger partial charge in [-0.15, -0.1) is 0 Å². The maximum absolute atomic E-state index is 5.65. The van der Waals surface area contributed by atoms with Crippen molar-refractivity contribution in [1.29, 1.82) is 0 Å². The van der Waals surface area contributed by atoms with Crippen LogP contribution in [0, 0.1) is 5.92 Å². The normalized spacial score (nSPS) is 17.8. The molecule has 1 aliphatic rings. The van der Waals surface area contributed by atoms with E-state index in [-0.39, 0.29) is 6.10 Å². The lowest BCUT2D eigenvalue weighted by molar-refractivity contribution is 0.0529. The number of nitrogens with zero attached hydrogens (tertiary/aromatic N) is 3. The van der Waals surface area contributed by atoms with Crippen molar-refractivity contribution in [3.8, 4) is 0 Å². The molecule has 0 amide bonds. The summed E-state index contributed by atoms with van der Waals surface area (Å²) in [4.78, 5) is 11.5. The molecule has 158 valence electrons. The van der Waals surface area contributed by atoms with E-state index >= 15 is 0 Å². The molecular weight excluding hydrogens is 354 g/mol. The van der Waals surface area contributed by atoms with Crippen molar-refractivity contribution in [3.05, 3.63) is 23.9 Å². The topological polar surface area (TPSA) is 71.0 Å². The van der Waals surface area contributed by atoms with Gasteiger partial charge >= 0.3 is 0 Å². The van der Waals surface area contributed by atoms with Crippen LogP contribution in [0.1, 0.15) is 39.7 Å². The first-order chi connectivity index (χ1) is 13.6. The number of pyridine rings is 1. The zero-order valence-electron chi connectivity index (χ0n) is 17.9. The van der Waals surface area contributed by atoms with E-state index < -0.39 is 0 Å². The SMILES string of the molecule is CCNC(=NCc1ccc(N2CCOC(C)C2)nc1)NCCOCCC(C)C. The number of nitrogens with one attached hydrogen (secondary N) is 2. The molecule has 1 aliphatic heterocycles. The monoisotopic (exact) mass is 391 g/mol. The smallest absolute Gasteiger partial charge is 0.191 e. The first kappa shape index (κ1) is 22.4. The predicted molar refractivity (Wildman–Crippen MR) is 115 cm³/mol. The van der Waals surface area contributed by atoms with Crippen molar-refractivity contribution < 1.29 is 9.47 Å². The van der Waals surface area contributed by atoms with Crippen LogP contribution in [0.3, 0.4) is 0 Å². The standard InChI is InChI=1S/C21H37N5O2/c1-5-22-21(23-9-12-27-11-8-17(2)3)25-15-19-6-7-20(24-14-19)26-10-13-28-18(4)16-26/h6-7,14,17-18H,5,8-13,15-16H2,1-4H3,(H2,22,23,25). The van der Waals surface area contributed by atoms with Gasteiger partial charge in [-0.1, -0.05) is 19.9 Å². The number of hydrogen-bond donors (Lipinski definition) is 2. The molecule has 2 rings (SSSR count). The Balaban J connectivity index is 1.78. The van der Waals surface area contributed by atoms with Gasteiger partial charge < -0.3 is 25.0 Å². The van der Waals surface area contributed by atoms with Gasteiger partial charge in [-0.3, -0.25) is 0 Å². The van der Waals surface area contributed by atoms with Crippen LogP contribution in [-0.2, 0) is 16.0 Å². The van der Waals surface area contributed by atoms with Crippen molar-refractivity contribution in [2.24, 2.45) is 10.9 Å². The summed E-state index contributed by atoms with van der Waals surface area (Å²) in [5, 5.41) is 6.59. The summed E-state index contributed by atoms with van der Waals surface area (Å²) < 4.78 is 11.2. The third kappa shape index (κ3) is 8.44. The van der Waals surface area contributed by atoms with Gasteiger partial charge in [0.05, 0.1) is 25.9 Å². The Morgan fingerprint density at radius 3 is 2.89 bits per heavy atom. The fraction of sp³-hybridized carbons (Fsp3) is 0.714. The molecule has 1 atom stereocenters. The second-order valence-corrected chi connectivity index (χ2v) is 7.57. The summed E-state index contributed by atoms with van der Waals surface area (Å²) in [6.45, 7) is 14.8. The second kappa shape index (κ2) is 12.6. The summed E-state index contributed by atoms with van der Waals surface area (Å²) in [6, 6.07) is 4.18. The molecule has 0 spiro atoms. The van der Waals surface area contributed by atoms with Crippen molar-refractivity contribution >= 4 is 11.8 Å². The Morgan fingerprint density at radius 1 is 1.36 bits per heavy atom. The number of morpholine rings is 1. The molecule has 0 saturated carbocycles. The van der Waals surface area contributed by atoms with Gasteiger partial charge in [0.1, 0.15) is 5.82 Å². The fourth-order valence-corrected chi connectivity index (χ4v) is 2.90. The summed E-state index contributed by atoms with van der Waals surface area (Å²) in [5.41, 5.74) is 1.09. The van der Waals surface area contributed by atoms with E-state index in [1.807, 2.05) is 6.20 Å². The second-order valence-electron chi connectivity index (χ2n) is 7.57. The van der Waals surface area contributed by atoms with E-state index in [1.54, 1.807) is 0 Å². The van der Waals surface area contributed by atoms with Gasteiger partial charge in [0.25, 0.3) is 0 Å². The van der Waals surface area contributed by atoms with Crippen LogP contribution >= 0.6 is 0 Å². The number of aromatic nitrogens is 1. The Morgan fingerprint density at radius 2 is 2.21 bits per heavy atom. The molecule has 1 aromatic rings. The van der Waals surface area contributed by atoms with Crippen molar-refractivity contribution in [2.45, 2.75) is 46.8 Å². The van der Waals surface area contributed by atoms with E-state index in [1.165, 1.54) is 0 Å². The number of guanidine groups is 1. The number of ether oxygens (including phenoxy) is 2. The van der Waals surface area contributed by atoms with Gasteiger partial charge in [-0.2, -0.15) is 0 Å². The lowest BCUT2D eigenvalue weighted by atomic mass is 10.1. The highest BCUT2D eigenvalue weighted by Gasteiger charge is 2.17. The van der Waals surface area contributed by atoms with Crippen LogP contribution in [0.2, 0.25) is 0 Å². The Hall–Kier alpha value is -1.86. The third-order valence-corrected chi connectivity index (χ3v) is 4.52. The summed E-state index contributed by atoms with van der Waals surface area (Å²) in [5.74, 6) is 2.49. The molecule has 7 nitrogen and oxygen atoms in total. The molecule has 1 unspecified atom stereocenters. The molecular formula is C21H37N5O2. The summed E-state index contributed by atoms with van der Waals surface area (Å²) in [7, 11) is 0. The van der Waals surface area contributed by atoms with Crippen LogP contribution < -0.4 is 15.5 Å². The maximum Gasteiger partial charge on any atom is 0.191 e. The lowest BCUT2D eigenvalue weighted by Gasteiger charge is -2.32. The number of rotatable bonds is 10. The lowest BCUT2D eigenvalue weighted by Crippen LogP contribution is -2.41. The Bertz CT molecular complexity index is 577. The quantitative estimate of drug-likeness (QED) is 0.363. The predicted octanol–water partition coefficient (Wildman–Crippen LogP) is 2.42. The average molecular weight is 392 g/mol. The van der Waals surface area contributed by atoms with Gasteiger partial charge in [-0.25, -0.2) is 9.98 Å². The van der Waals surface area contributed by atoms with Gasteiger partial charge in [0.15, 0.2) is 5.96 Å². The molecule has 1 aromatic heterocycles. The Labute approximate surface area is 169 Å². The molecule has 0 bridgehead atoms. The van der Waals surface area contributed by atoms with Gasteiger partial charge in [0, 0.05) is 39.0 Å². The van der Waals surface area contributed by atoms with Crippen LogP contribution in [0.4, 0.5) is 5.82 Å². The van der Waals surface area contributed by atoms with E-state index in [0.29, 0.717) is 19.1 Å². The van der Waals surface area contributed by atoms with Crippen molar-refractivity contribution in [1.82, 2.24) is 15.6 Å². The number of hydrogen-bond acceptors (Lipinski definition) is 5. The molecule has 2 N–H and O–H groups in total. The molecule has 0 radical (unpaired) electrons. The molecule has 1 fully saturated rings. The molecule has 28 heavy (non-hydrogen) atoms. The molecule has 0 aromatic carbocycles. The maximum atomic E-state index is 5.65. The van der Waals surface area contributed by atoms with Crippen LogP contribution in [0.25, 0.3) is 0 Å². The highest BCUT2D eigenvalue weighted by molar-refractivity contribution is 5.79. The van der Waals surface area contributed by atoms with Gasteiger partial charge in [0.2, 0.25) is 0 Å². The van der Waals surface area contributed by atoms with Gasteiger partial charge in [-0.05, 0) is 37.8 Å². The van der Waals surface area contributed by atoms with E-state index in [4.69, 9.17) is 9.47 Å². The van der Waals surface area contributed by atoms with E-state index in [9.17, 15) is 0 Å². The Kier molecular flexibility index (Phi) is 10.1. The molecule has 7 heteroatoms. The van der Waals surface area contributed by atoms with Crippen LogP contribution in [0.15, 0.2) is 23.3 Å². The average Bonchev–Trinajstić information content (AvgIpc) is 2.69. The summed E-state index contributed by atoms with van der Waals surface area (Å²) >= 11 is 0. The van der Waals surface area contributed by atoms with E-state index in [0.717, 1.165) is 63.2 Å². The van der Waals surface area contributed by atoms with Crippen molar-refractivity contribution in [3.63, 3.8) is 0 Å². The highest BCUT2D eigenvalue weighted by Crippen LogP contribution is 2.15. The summed E-state index contributed by atoms with van der Waals surface area (Å²) in [6.07, 6.45) is 3.26. The zero-order valence-corrected chi connectivity index (χ0v) is 17.9. The van der Waals surface area contributed by atoms with Crippen LogP contribution in [-0.4, -0.2) is 63.0 Å². The molecule has 2 heterocycles. The fourth-order valence-electron chi connectivity index (χ4n) is 2.90. The first-order valence-electron chi connectivity index (χ1n) is 10.5. The number of anilines is 1. The minimum atomic E-state index is 0.253. The third-order valence-electron chi connectivity index (χ3n) is 4.52. The number of aliphatic imine (C=N–C) groups is 1. The first-order valence-corrected chi connectivity index (χ1v) is 10.5. The molecule has 0 aliphatic carbocycles. The highest BCUT2D eigenvalue weighted by atomic mass is 16.5. The minimum absolute atomic E-state index is 0.253. The largest absolute Gasteiger partial charge is 0.380 e.